The van der Waals surface area contributed by atoms with Crippen LogP contribution >= 0.6 is 0 Å². The SMILES string of the molecule is CC1CCC(N(C)C(=O)C(C)NC(=O)C(C)(C)C)CC1. The third kappa shape index (κ3) is 4.50. The lowest BCUT2D eigenvalue weighted by Crippen LogP contribution is -2.51. The summed E-state index contributed by atoms with van der Waals surface area (Å²) < 4.78 is 0. The van der Waals surface area contributed by atoms with Crippen LogP contribution in [0.2, 0.25) is 0 Å². The molecule has 1 atom stereocenters. The molecule has 0 aromatic carbocycles. The van der Waals surface area contributed by atoms with Gasteiger partial charge in [-0.25, -0.2) is 0 Å². The molecule has 4 nitrogen and oxygen atoms in total. The van der Waals surface area contributed by atoms with Gasteiger partial charge in [-0.1, -0.05) is 27.7 Å². The Morgan fingerprint density at radius 1 is 1.15 bits per heavy atom. The van der Waals surface area contributed by atoms with E-state index in [1.807, 2.05) is 32.7 Å². The fraction of sp³-hybridized carbons (Fsp3) is 0.875. The van der Waals surface area contributed by atoms with Gasteiger partial charge in [-0.3, -0.25) is 9.59 Å². The number of carbonyl (C=O) groups is 2. The van der Waals surface area contributed by atoms with Crippen LogP contribution in [0.25, 0.3) is 0 Å². The second kappa shape index (κ2) is 6.59. The minimum atomic E-state index is -0.465. The fourth-order valence-electron chi connectivity index (χ4n) is 2.59. The largest absolute Gasteiger partial charge is 0.344 e. The number of amides is 2. The van der Waals surface area contributed by atoms with Crippen LogP contribution in [-0.2, 0) is 9.59 Å². The van der Waals surface area contributed by atoms with Crippen molar-refractivity contribution in [3.05, 3.63) is 0 Å². The average molecular weight is 282 g/mol. The first kappa shape index (κ1) is 17.0. The second-order valence-electron chi connectivity index (χ2n) is 7.31. The molecular formula is C16H30N2O2. The lowest BCUT2D eigenvalue weighted by atomic mass is 9.86. The first-order valence-electron chi connectivity index (χ1n) is 7.70. The molecule has 20 heavy (non-hydrogen) atoms. The van der Waals surface area contributed by atoms with E-state index in [1.54, 1.807) is 6.92 Å². The van der Waals surface area contributed by atoms with Gasteiger partial charge in [-0.2, -0.15) is 0 Å². The molecule has 0 heterocycles. The van der Waals surface area contributed by atoms with Gasteiger partial charge in [-0.05, 0) is 38.5 Å². The van der Waals surface area contributed by atoms with Gasteiger partial charge in [0.25, 0.3) is 0 Å². The zero-order chi connectivity index (χ0) is 15.5. The summed E-state index contributed by atoms with van der Waals surface area (Å²) in [6.07, 6.45) is 4.52. The van der Waals surface area contributed by atoms with E-state index < -0.39 is 11.5 Å². The quantitative estimate of drug-likeness (QED) is 0.865. The molecule has 0 spiro atoms. The summed E-state index contributed by atoms with van der Waals surface area (Å²) in [4.78, 5) is 26.2. The van der Waals surface area contributed by atoms with E-state index in [1.165, 1.54) is 12.8 Å². The molecule has 2 amide bonds. The highest BCUT2D eigenvalue weighted by molar-refractivity contribution is 5.89. The summed E-state index contributed by atoms with van der Waals surface area (Å²) >= 11 is 0. The van der Waals surface area contributed by atoms with Crippen LogP contribution in [0.5, 0.6) is 0 Å². The molecule has 0 aromatic rings. The van der Waals surface area contributed by atoms with Gasteiger partial charge in [0.05, 0.1) is 0 Å². The Kier molecular flexibility index (Phi) is 5.60. The van der Waals surface area contributed by atoms with Crippen molar-refractivity contribution in [3.63, 3.8) is 0 Å². The smallest absolute Gasteiger partial charge is 0.244 e. The predicted octanol–water partition coefficient (Wildman–Crippen LogP) is 2.57. The third-order valence-electron chi connectivity index (χ3n) is 4.28. The van der Waals surface area contributed by atoms with E-state index in [4.69, 9.17) is 0 Å². The van der Waals surface area contributed by atoms with Crippen molar-refractivity contribution < 1.29 is 9.59 Å². The van der Waals surface area contributed by atoms with Gasteiger partial charge in [0.1, 0.15) is 6.04 Å². The monoisotopic (exact) mass is 282 g/mol. The number of hydrogen-bond acceptors (Lipinski definition) is 2. The number of hydrogen-bond donors (Lipinski definition) is 1. The van der Waals surface area contributed by atoms with Crippen molar-refractivity contribution in [2.45, 2.75) is 72.4 Å². The van der Waals surface area contributed by atoms with Crippen molar-refractivity contribution in [2.75, 3.05) is 7.05 Å². The molecule has 1 aliphatic carbocycles. The van der Waals surface area contributed by atoms with Crippen LogP contribution < -0.4 is 5.32 Å². The Labute approximate surface area is 123 Å². The van der Waals surface area contributed by atoms with E-state index >= 15 is 0 Å². The van der Waals surface area contributed by atoms with Gasteiger partial charge < -0.3 is 10.2 Å². The lowest BCUT2D eigenvalue weighted by molar-refractivity contribution is -0.139. The average Bonchev–Trinajstić information content (AvgIpc) is 2.36. The second-order valence-corrected chi connectivity index (χ2v) is 7.31. The molecular weight excluding hydrogens is 252 g/mol. The molecule has 1 unspecified atom stereocenters. The highest BCUT2D eigenvalue weighted by Gasteiger charge is 2.30. The number of nitrogens with zero attached hydrogens (tertiary/aromatic N) is 1. The van der Waals surface area contributed by atoms with Crippen molar-refractivity contribution >= 4 is 11.8 Å². The number of rotatable bonds is 3. The summed E-state index contributed by atoms with van der Waals surface area (Å²) in [7, 11) is 1.86. The molecule has 1 rings (SSSR count). The van der Waals surface area contributed by atoms with E-state index in [-0.39, 0.29) is 11.8 Å². The molecule has 0 aliphatic heterocycles. The normalized spacial score (nSPS) is 24.9. The third-order valence-corrected chi connectivity index (χ3v) is 4.28. The zero-order valence-corrected chi connectivity index (χ0v) is 13.8. The number of nitrogens with one attached hydrogen (secondary N) is 1. The van der Waals surface area contributed by atoms with E-state index in [9.17, 15) is 9.59 Å². The van der Waals surface area contributed by atoms with E-state index in [0.29, 0.717) is 6.04 Å². The maximum absolute atomic E-state index is 12.4. The highest BCUT2D eigenvalue weighted by Crippen LogP contribution is 2.26. The summed E-state index contributed by atoms with van der Waals surface area (Å²) in [5.74, 6) is 0.707. The Bertz CT molecular complexity index is 352. The molecule has 0 aromatic heterocycles. The minimum absolute atomic E-state index is 0.0159. The van der Waals surface area contributed by atoms with Crippen LogP contribution in [0.3, 0.4) is 0 Å². The Hall–Kier alpha value is -1.06. The first-order valence-corrected chi connectivity index (χ1v) is 7.70. The molecule has 0 saturated heterocycles. The summed E-state index contributed by atoms with van der Waals surface area (Å²) in [5.41, 5.74) is -0.465. The fourth-order valence-corrected chi connectivity index (χ4v) is 2.59. The minimum Gasteiger partial charge on any atom is -0.344 e. The number of likely N-dealkylation sites (N-methyl/N-ethyl adjacent to an activating group) is 1. The first-order chi connectivity index (χ1) is 9.12. The zero-order valence-electron chi connectivity index (χ0n) is 13.8. The Morgan fingerprint density at radius 2 is 1.65 bits per heavy atom. The summed E-state index contributed by atoms with van der Waals surface area (Å²) in [6.45, 7) is 9.60. The topological polar surface area (TPSA) is 49.4 Å². The lowest BCUT2D eigenvalue weighted by Gasteiger charge is -2.35. The van der Waals surface area contributed by atoms with E-state index in [2.05, 4.69) is 12.2 Å². The van der Waals surface area contributed by atoms with Crippen molar-refractivity contribution in [1.82, 2.24) is 10.2 Å². The molecule has 4 heteroatoms. The van der Waals surface area contributed by atoms with Gasteiger partial charge >= 0.3 is 0 Å². The maximum Gasteiger partial charge on any atom is 0.244 e. The molecule has 116 valence electrons. The standard InChI is InChI=1S/C16H30N2O2/c1-11-7-9-13(10-8-11)18(6)14(19)12(2)17-15(20)16(3,4)5/h11-13H,7-10H2,1-6H3,(H,17,20). The molecule has 0 bridgehead atoms. The van der Waals surface area contributed by atoms with Gasteiger partial charge in [-0.15, -0.1) is 0 Å². The Morgan fingerprint density at radius 3 is 2.10 bits per heavy atom. The summed E-state index contributed by atoms with van der Waals surface area (Å²) in [6, 6.07) is -0.126. The molecule has 1 N–H and O–H groups in total. The molecule has 1 saturated carbocycles. The molecule has 0 radical (unpaired) electrons. The Balaban J connectivity index is 2.54. The van der Waals surface area contributed by atoms with Crippen molar-refractivity contribution in [1.29, 1.82) is 0 Å². The van der Waals surface area contributed by atoms with Gasteiger partial charge in [0.2, 0.25) is 11.8 Å². The van der Waals surface area contributed by atoms with Gasteiger partial charge in [0, 0.05) is 18.5 Å². The van der Waals surface area contributed by atoms with Gasteiger partial charge in [0.15, 0.2) is 0 Å². The predicted molar refractivity (Wildman–Crippen MR) is 81.2 cm³/mol. The van der Waals surface area contributed by atoms with Crippen molar-refractivity contribution in [3.8, 4) is 0 Å². The summed E-state index contributed by atoms with van der Waals surface area (Å²) in [5, 5.41) is 2.82. The van der Waals surface area contributed by atoms with Crippen LogP contribution in [0.1, 0.15) is 60.3 Å². The van der Waals surface area contributed by atoms with Crippen LogP contribution in [0.15, 0.2) is 0 Å². The van der Waals surface area contributed by atoms with Crippen LogP contribution in [0.4, 0.5) is 0 Å². The van der Waals surface area contributed by atoms with Crippen LogP contribution in [0, 0.1) is 11.3 Å². The number of carbonyl (C=O) groups excluding carboxylic acids is 2. The van der Waals surface area contributed by atoms with E-state index in [0.717, 1.165) is 18.8 Å². The van der Waals surface area contributed by atoms with Crippen molar-refractivity contribution in [2.24, 2.45) is 11.3 Å². The molecule has 1 aliphatic rings. The molecule has 1 fully saturated rings. The maximum atomic E-state index is 12.4. The highest BCUT2D eigenvalue weighted by atomic mass is 16.2. The van der Waals surface area contributed by atoms with Crippen LogP contribution in [-0.4, -0.2) is 35.8 Å².